The van der Waals surface area contributed by atoms with Crippen LogP contribution in [0.2, 0.25) is 0 Å². The summed E-state index contributed by atoms with van der Waals surface area (Å²) in [4.78, 5) is 10.6. The SMILES string of the molecule is O=C(CCl)OC[C@H]1CCCO1. The highest BCUT2D eigenvalue weighted by molar-refractivity contribution is 6.26. The van der Waals surface area contributed by atoms with Gasteiger partial charge in [-0.2, -0.15) is 0 Å². The lowest BCUT2D eigenvalue weighted by Gasteiger charge is -2.08. The fourth-order valence-electron chi connectivity index (χ4n) is 1.00. The minimum absolute atomic E-state index is 0.0767. The Morgan fingerprint density at radius 1 is 1.73 bits per heavy atom. The minimum atomic E-state index is -0.373. The molecule has 3 nitrogen and oxygen atoms in total. The number of carbonyl (C=O) groups excluding carboxylic acids is 1. The maximum atomic E-state index is 10.6. The van der Waals surface area contributed by atoms with Crippen molar-refractivity contribution in [1.82, 2.24) is 0 Å². The molecule has 0 aliphatic carbocycles. The molecule has 0 bridgehead atoms. The van der Waals surface area contributed by atoms with Crippen LogP contribution < -0.4 is 0 Å². The molecule has 0 N–H and O–H groups in total. The van der Waals surface area contributed by atoms with E-state index in [1.807, 2.05) is 0 Å². The average molecular weight is 179 g/mol. The summed E-state index contributed by atoms with van der Waals surface area (Å²) in [7, 11) is 0. The molecular formula is C7H11ClO3. The van der Waals surface area contributed by atoms with Gasteiger partial charge in [-0.25, -0.2) is 0 Å². The maximum Gasteiger partial charge on any atom is 0.320 e. The molecule has 0 aromatic rings. The van der Waals surface area contributed by atoms with Gasteiger partial charge in [-0.1, -0.05) is 0 Å². The third-order valence-electron chi connectivity index (χ3n) is 1.56. The molecule has 0 radical (unpaired) electrons. The van der Waals surface area contributed by atoms with Crippen LogP contribution in [-0.4, -0.2) is 31.2 Å². The van der Waals surface area contributed by atoms with Crippen molar-refractivity contribution < 1.29 is 14.3 Å². The molecule has 0 unspecified atom stereocenters. The molecule has 0 amide bonds. The summed E-state index contributed by atoms with van der Waals surface area (Å²) >= 11 is 5.22. The molecule has 1 heterocycles. The van der Waals surface area contributed by atoms with E-state index < -0.39 is 0 Å². The van der Waals surface area contributed by atoms with E-state index in [9.17, 15) is 4.79 Å². The average Bonchev–Trinajstić information content (AvgIpc) is 2.52. The van der Waals surface area contributed by atoms with Gasteiger partial charge >= 0.3 is 5.97 Å². The Morgan fingerprint density at radius 2 is 2.55 bits per heavy atom. The van der Waals surface area contributed by atoms with E-state index >= 15 is 0 Å². The van der Waals surface area contributed by atoms with E-state index in [-0.39, 0.29) is 18.0 Å². The third kappa shape index (κ3) is 3.08. The van der Waals surface area contributed by atoms with E-state index in [0.29, 0.717) is 6.61 Å². The number of halogens is 1. The molecular weight excluding hydrogens is 168 g/mol. The first kappa shape index (κ1) is 8.81. The van der Waals surface area contributed by atoms with Crippen molar-refractivity contribution in [3.63, 3.8) is 0 Å². The van der Waals surface area contributed by atoms with Gasteiger partial charge in [0.2, 0.25) is 0 Å². The van der Waals surface area contributed by atoms with Crippen molar-refractivity contribution >= 4 is 17.6 Å². The molecule has 0 spiro atoms. The molecule has 1 aliphatic heterocycles. The van der Waals surface area contributed by atoms with Crippen LogP contribution in [-0.2, 0) is 14.3 Å². The Labute approximate surface area is 70.6 Å². The van der Waals surface area contributed by atoms with Crippen LogP contribution in [0.1, 0.15) is 12.8 Å². The van der Waals surface area contributed by atoms with Gasteiger partial charge in [0.1, 0.15) is 12.5 Å². The topological polar surface area (TPSA) is 35.5 Å². The second-order valence-electron chi connectivity index (χ2n) is 2.45. The quantitative estimate of drug-likeness (QED) is 0.477. The lowest BCUT2D eigenvalue weighted by Crippen LogP contribution is -2.18. The molecule has 0 aromatic heterocycles. The summed E-state index contributed by atoms with van der Waals surface area (Å²) in [5.74, 6) is -0.450. The molecule has 1 atom stereocenters. The molecule has 0 saturated carbocycles. The van der Waals surface area contributed by atoms with Crippen molar-refractivity contribution in [3.05, 3.63) is 0 Å². The van der Waals surface area contributed by atoms with Gasteiger partial charge in [0.15, 0.2) is 0 Å². The van der Waals surface area contributed by atoms with Crippen LogP contribution in [0.25, 0.3) is 0 Å². The summed E-state index contributed by atoms with van der Waals surface area (Å²) in [5.41, 5.74) is 0. The third-order valence-corrected chi connectivity index (χ3v) is 1.78. The number of alkyl halides is 1. The van der Waals surface area contributed by atoms with Crippen LogP contribution in [0.15, 0.2) is 0 Å². The van der Waals surface area contributed by atoms with Crippen molar-refractivity contribution in [2.24, 2.45) is 0 Å². The maximum absolute atomic E-state index is 10.6. The van der Waals surface area contributed by atoms with Crippen molar-refractivity contribution in [3.8, 4) is 0 Å². The molecule has 1 saturated heterocycles. The predicted molar refractivity (Wildman–Crippen MR) is 40.7 cm³/mol. The largest absolute Gasteiger partial charge is 0.462 e. The number of hydrogen-bond acceptors (Lipinski definition) is 3. The minimum Gasteiger partial charge on any atom is -0.462 e. The molecule has 4 heteroatoms. The molecule has 11 heavy (non-hydrogen) atoms. The van der Waals surface area contributed by atoms with E-state index in [4.69, 9.17) is 21.1 Å². The monoisotopic (exact) mass is 178 g/mol. The summed E-state index contributed by atoms with van der Waals surface area (Å²) in [6.07, 6.45) is 2.14. The van der Waals surface area contributed by atoms with Gasteiger partial charge in [-0.3, -0.25) is 4.79 Å². The zero-order valence-electron chi connectivity index (χ0n) is 6.22. The van der Waals surface area contributed by atoms with E-state index in [1.54, 1.807) is 0 Å². The van der Waals surface area contributed by atoms with Crippen molar-refractivity contribution in [2.45, 2.75) is 18.9 Å². The van der Waals surface area contributed by atoms with E-state index in [1.165, 1.54) is 0 Å². The van der Waals surface area contributed by atoms with Gasteiger partial charge in [0.05, 0.1) is 6.10 Å². The number of esters is 1. The van der Waals surface area contributed by atoms with Gasteiger partial charge in [-0.05, 0) is 12.8 Å². The Bertz CT molecular complexity index is 132. The first-order valence-corrected chi connectivity index (χ1v) is 4.19. The number of ether oxygens (including phenoxy) is 2. The van der Waals surface area contributed by atoms with Gasteiger partial charge in [0, 0.05) is 6.61 Å². The first-order chi connectivity index (χ1) is 5.33. The highest BCUT2D eigenvalue weighted by Crippen LogP contribution is 2.11. The second kappa shape index (κ2) is 4.57. The van der Waals surface area contributed by atoms with Crippen LogP contribution in [0.3, 0.4) is 0 Å². The molecule has 64 valence electrons. The summed E-state index contributed by atoms with van der Waals surface area (Å²) < 4.78 is 10.0. The van der Waals surface area contributed by atoms with Crippen LogP contribution in [0.5, 0.6) is 0 Å². The van der Waals surface area contributed by atoms with Crippen molar-refractivity contribution in [2.75, 3.05) is 19.1 Å². The lowest BCUT2D eigenvalue weighted by atomic mass is 10.2. The summed E-state index contributed by atoms with van der Waals surface area (Å²) in [5, 5.41) is 0. The molecule has 0 aromatic carbocycles. The normalized spacial score (nSPS) is 23.5. The Hall–Kier alpha value is -0.280. The highest BCUT2D eigenvalue weighted by atomic mass is 35.5. The summed E-state index contributed by atoms with van der Waals surface area (Å²) in [6.45, 7) is 1.13. The van der Waals surface area contributed by atoms with Crippen LogP contribution in [0, 0.1) is 0 Å². The predicted octanol–water partition coefficient (Wildman–Crippen LogP) is 0.947. The fourth-order valence-corrected chi connectivity index (χ4v) is 1.08. The first-order valence-electron chi connectivity index (χ1n) is 3.66. The van der Waals surface area contributed by atoms with Gasteiger partial charge in [0.25, 0.3) is 0 Å². The number of rotatable bonds is 3. The Balaban J connectivity index is 2.06. The van der Waals surface area contributed by atoms with Crippen molar-refractivity contribution in [1.29, 1.82) is 0 Å². The van der Waals surface area contributed by atoms with Crippen LogP contribution >= 0.6 is 11.6 Å². The Morgan fingerprint density at radius 3 is 3.09 bits per heavy atom. The van der Waals surface area contributed by atoms with E-state index in [0.717, 1.165) is 19.4 Å². The number of hydrogen-bond donors (Lipinski definition) is 0. The molecule has 1 aliphatic rings. The number of carbonyl (C=O) groups is 1. The highest BCUT2D eigenvalue weighted by Gasteiger charge is 2.16. The lowest BCUT2D eigenvalue weighted by molar-refractivity contribution is -0.143. The Kier molecular flexibility index (Phi) is 3.66. The smallest absolute Gasteiger partial charge is 0.320 e. The molecule has 1 rings (SSSR count). The van der Waals surface area contributed by atoms with E-state index in [2.05, 4.69) is 0 Å². The van der Waals surface area contributed by atoms with Gasteiger partial charge in [-0.15, -0.1) is 11.6 Å². The second-order valence-corrected chi connectivity index (χ2v) is 2.72. The van der Waals surface area contributed by atoms with Gasteiger partial charge < -0.3 is 9.47 Å². The zero-order chi connectivity index (χ0) is 8.10. The van der Waals surface area contributed by atoms with Crippen LogP contribution in [0.4, 0.5) is 0 Å². The zero-order valence-corrected chi connectivity index (χ0v) is 6.97. The molecule has 1 fully saturated rings. The fraction of sp³-hybridized carbons (Fsp3) is 0.857. The summed E-state index contributed by atoms with van der Waals surface area (Å²) in [6, 6.07) is 0. The standard InChI is InChI=1S/C7H11ClO3/c8-4-7(9)11-5-6-2-1-3-10-6/h6H,1-5H2/t6-/m1/s1.